The van der Waals surface area contributed by atoms with Gasteiger partial charge in [-0.3, -0.25) is 14.5 Å². The second-order valence-corrected chi connectivity index (χ2v) is 11.2. The summed E-state index contributed by atoms with van der Waals surface area (Å²) in [5.41, 5.74) is 2.52. The van der Waals surface area contributed by atoms with Gasteiger partial charge in [0, 0.05) is 3.57 Å². The standard InChI is InChI=1S/C28H18Cl2INO3S/c29-23-12-18(13-24(30)26(23)35-16-17-8-10-21(31)11-9-17)14-25-27(33)32(28(34)36-25)15-20-6-3-5-19-4-1-2-7-22(19)20/h1-14H,15-16H2/b25-14+. The molecule has 0 saturated carbocycles. The fourth-order valence-electron chi connectivity index (χ4n) is 3.93. The number of thioether (sulfide) groups is 1. The van der Waals surface area contributed by atoms with Crippen molar-refractivity contribution in [2.75, 3.05) is 0 Å². The molecule has 0 spiro atoms. The predicted molar refractivity (Wildman–Crippen MR) is 155 cm³/mol. The third-order valence-electron chi connectivity index (χ3n) is 5.70. The van der Waals surface area contributed by atoms with Crippen LogP contribution in [-0.2, 0) is 17.9 Å². The van der Waals surface area contributed by atoms with Crippen LogP contribution in [0.25, 0.3) is 16.8 Å². The number of halogens is 3. The molecule has 2 amide bonds. The zero-order valence-corrected chi connectivity index (χ0v) is 23.2. The number of rotatable bonds is 6. The summed E-state index contributed by atoms with van der Waals surface area (Å²) in [6.07, 6.45) is 1.63. The van der Waals surface area contributed by atoms with Gasteiger partial charge in [-0.15, -0.1) is 0 Å². The number of fused-ring (bicyclic) bond motifs is 1. The van der Waals surface area contributed by atoms with Crippen molar-refractivity contribution in [3.8, 4) is 5.75 Å². The van der Waals surface area contributed by atoms with Crippen molar-refractivity contribution in [1.82, 2.24) is 4.90 Å². The molecule has 1 aliphatic heterocycles. The minimum absolute atomic E-state index is 0.205. The van der Waals surface area contributed by atoms with E-state index in [0.717, 1.165) is 37.2 Å². The highest BCUT2D eigenvalue weighted by molar-refractivity contribution is 14.1. The van der Waals surface area contributed by atoms with E-state index >= 15 is 0 Å². The summed E-state index contributed by atoms with van der Waals surface area (Å²) in [4.78, 5) is 27.4. The summed E-state index contributed by atoms with van der Waals surface area (Å²) < 4.78 is 6.99. The van der Waals surface area contributed by atoms with E-state index in [9.17, 15) is 9.59 Å². The van der Waals surface area contributed by atoms with Gasteiger partial charge >= 0.3 is 0 Å². The van der Waals surface area contributed by atoms with Gasteiger partial charge in [-0.25, -0.2) is 0 Å². The fraction of sp³-hybridized carbons (Fsp3) is 0.0714. The lowest BCUT2D eigenvalue weighted by molar-refractivity contribution is -0.123. The first kappa shape index (κ1) is 25.1. The minimum Gasteiger partial charge on any atom is -0.486 e. The SMILES string of the molecule is O=C1S/C(=C/c2cc(Cl)c(OCc3ccc(I)cc3)c(Cl)c2)C(=O)N1Cc1cccc2ccccc12. The van der Waals surface area contributed by atoms with Gasteiger partial charge in [0.05, 0.1) is 21.5 Å². The number of hydrogen-bond acceptors (Lipinski definition) is 4. The molecule has 0 radical (unpaired) electrons. The highest BCUT2D eigenvalue weighted by atomic mass is 127. The Morgan fingerprint density at radius 3 is 2.36 bits per heavy atom. The van der Waals surface area contributed by atoms with E-state index in [1.54, 1.807) is 18.2 Å². The van der Waals surface area contributed by atoms with Gasteiger partial charge in [0.2, 0.25) is 0 Å². The van der Waals surface area contributed by atoms with E-state index in [1.165, 1.54) is 4.90 Å². The smallest absolute Gasteiger partial charge is 0.293 e. The van der Waals surface area contributed by atoms with Crippen LogP contribution in [0.5, 0.6) is 5.75 Å². The van der Waals surface area contributed by atoms with E-state index < -0.39 is 0 Å². The topological polar surface area (TPSA) is 46.6 Å². The molecule has 0 aliphatic carbocycles. The molecule has 4 aromatic rings. The van der Waals surface area contributed by atoms with Crippen LogP contribution in [0.2, 0.25) is 10.0 Å². The number of hydrogen-bond donors (Lipinski definition) is 0. The predicted octanol–water partition coefficient (Wildman–Crippen LogP) is 8.57. The van der Waals surface area contributed by atoms with Crippen LogP contribution in [-0.4, -0.2) is 16.0 Å². The second kappa shape index (κ2) is 10.8. The van der Waals surface area contributed by atoms with Crippen molar-refractivity contribution in [1.29, 1.82) is 0 Å². The summed E-state index contributed by atoms with van der Waals surface area (Å²) >= 11 is 16.1. The maximum atomic E-state index is 13.1. The van der Waals surface area contributed by atoms with Crippen LogP contribution in [0.1, 0.15) is 16.7 Å². The van der Waals surface area contributed by atoms with Gasteiger partial charge in [0.25, 0.3) is 11.1 Å². The first-order valence-corrected chi connectivity index (χ1v) is 13.6. The number of carbonyl (C=O) groups excluding carboxylic acids is 2. The molecule has 0 aromatic heterocycles. The summed E-state index contributed by atoms with van der Waals surface area (Å²) in [6, 6.07) is 25.1. The van der Waals surface area contributed by atoms with Crippen LogP contribution in [0.15, 0.2) is 83.8 Å². The van der Waals surface area contributed by atoms with Gasteiger partial charge in [-0.1, -0.05) is 77.8 Å². The Balaban J connectivity index is 1.34. The van der Waals surface area contributed by atoms with Crippen LogP contribution < -0.4 is 4.74 Å². The van der Waals surface area contributed by atoms with Gasteiger partial charge in [-0.05, 0) is 92.2 Å². The maximum absolute atomic E-state index is 13.1. The Morgan fingerprint density at radius 2 is 1.61 bits per heavy atom. The molecule has 5 rings (SSSR count). The lowest BCUT2D eigenvalue weighted by Gasteiger charge is -2.14. The average molecular weight is 646 g/mol. The molecule has 1 heterocycles. The lowest BCUT2D eigenvalue weighted by Crippen LogP contribution is -2.27. The molecular formula is C28H18Cl2INO3S. The Labute approximate surface area is 236 Å². The Hall–Kier alpha value is -2.52. The average Bonchev–Trinajstić information content (AvgIpc) is 3.12. The number of imide groups is 1. The summed E-state index contributed by atoms with van der Waals surface area (Å²) in [5, 5.41) is 2.42. The van der Waals surface area contributed by atoms with Crippen molar-refractivity contribution in [3.05, 3.63) is 114 Å². The molecule has 4 aromatic carbocycles. The van der Waals surface area contributed by atoms with Crippen molar-refractivity contribution in [2.24, 2.45) is 0 Å². The van der Waals surface area contributed by atoms with Crippen LogP contribution in [0, 0.1) is 3.57 Å². The summed E-state index contributed by atoms with van der Waals surface area (Å²) in [6.45, 7) is 0.527. The van der Waals surface area contributed by atoms with Crippen molar-refractivity contribution < 1.29 is 14.3 Å². The third kappa shape index (κ3) is 5.42. The first-order valence-electron chi connectivity index (χ1n) is 11.0. The molecule has 1 saturated heterocycles. The molecule has 36 heavy (non-hydrogen) atoms. The van der Waals surface area contributed by atoms with Crippen molar-refractivity contribution in [3.63, 3.8) is 0 Å². The molecule has 0 atom stereocenters. The van der Waals surface area contributed by atoms with Gasteiger partial charge in [0.15, 0.2) is 5.75 Å². The number of amides is 2. The van der Waals surface area contributed by atoms with E-state index in [2.05, 4.69) is 22.6 Å². The molecule has 0 unspecified atom stereocenters. The van der Waals surface area contributed by atoms with Crippen molar-refractivity contribution >= 4 is 85.5 Å². The quantitative estimate of drug-likeness (QED) is 0.156. The van der Waals surface area contributed by atoms with E-state index in [0.29, 0.717) is 32.9 Å². The molecule has 1 aliphatic rings. The van der Waals surface area contributed by atoms with Gasteiger partial charge in [0.1, 0.15) is 6.61 Å². The summed E-state index contributed by atoms with van der Waals surface area (Å²) in [7, 11) is 0. The molecule has 180 valence electrons. The zero-order valence-electron chi connectivity index (χ0n) is 18.7. The molecule has 8 heteroatoms. The third-order valence-corrected chi connectivity index (χ3v) is 7.88. The first-order chi connectivity index (χ1) is 17.4. The number of carbonyl (C=O) groups is 2. The maximum Gasteiger partial charge on any atom is 0.293 e. The van der Waals surface area contributed by atoms with E-state index in [-0.39, 0.29) is 17.7 Å². The van der Waals surface area contributed by atoms with E-state index in [4.69, 9.17) is 27.9 Å². The van der Waals surface area contributed by atoms with Crippen LogP contribution >= 0.6 is 57.6 Å². The van der Waals surface area contributed by atoms with Gasteiger partial charge in [-0.2, -0.15) is 0 Å². The monoisotopic (exact) mass is 645 g/mol. The van der Waals surface area contributed by atoms with Crippen LogP contribution in [0.3, 0.4) is 0 Å². The van der Waals surface area contributed by atoms with Crippen LogP contribution in [0.4, 0.5) is 4.79 Å². The minimum atomic E-state index is -0.343. The molecule has 0 bridgehead atoms. The highest BCUT2D eigenvalue weighted by Crippen LogP contribution is 2.38. The van der Waals surface area contributed by atoms with Crippen molar-refractivity contribution in [2.45, 2.75) is 13.2 Å². The zero-order chi connectivity index (χ0) is 25.2. The molecule has 4 nitrogen and oxygen atoms in total. The Morgan fingerprint density at radius 1 is 0.917 bits per heavy atom. The highest BCUT2D eigenvalue weighted by Gasteiger charge is 2.35. The van der Waals surface area contributed by atoms with E-state index in [1.807, 2.05) is 66.7 Å². The van der Waals surface area contributed by atoms with Gasteiger partial charge < -0.3 is 4.74 Å². The Kier molecular flexibility index (Phi) is 7.57. The second-order valence-electron chi connectivity index (χ2n) is 8.13. The molecule has 1 fully saturated rings. The molecular weight excluding hydrogens is 628 g/mol. The summed E-state index contributed by atoms with van der Waals surface area (Å²) in [5.74, 6) is 0.0299. The molecule has 0 N–H and O–H groups in total. The number of ether oxygens (including phenoxy) is 1. The normalized spacial score (nSPS) is 14.8. The lowest BCUT2D eigenvalue weighted by atomic mass is 10.0. The Bertz CT molecular complexity index is 1490. The number of benzene rings is 4. The fourth-order valence-corrected chi connectivity index (χ4v) is 5.74. The largest absolute Gasteiger partial charge is 0.486 e. The number of nitrogens with zero attached hydrogens (tertiary/aromatic N) is 1.